The van der Waals surface area contributed by atoms with E-state index in [1.165, 1.54) is 35.1 Å². The van der Waals surface area contributed by atoms with Gasteiger partial charge in [-0.15, -0.1) is 0 Å². The second kappa shape index (κ2) is 10.0. The van der Waals surface area contributed by atoms with Gasteiger partial charge >= 0.3 is 6.18 Å². The lowest BCUT2D eigenvalue weighted by Crippen LogP contribution is -2.38. The topological polar surface area (TPSA) is 79.0 Å². The predicted octanol–water partition coefficient (Wildman–Crippen LogP) is 3.51. The largest absolute Gasteiger partial charge is 0.495 e. The minimum atomic E-state index is -4.30. The highest BCUT2D eigenvalue weighted by molar-refractivity contribution is 7.92. The van der Waals surface area contributed by atoms with Crippen molar-refractivity contribution >= 4 is 21.6 Å². The minimum absolute atomic E-state index is 0.0679. The zero-order chi connectivity index (χ0) is 24.2. The molecule has 1 fully saturated rings. The van der Waals surface area contributed by atoms with Gasteiger partial charge in [0.2, 0.25) is 0 Å². The third kappa shape index (κ3) is 6.61. The summed E-state index contributed by atoms with van der Waals surface area (Å²) in [6.45, 7) is 1.56. The van der Waals surface area contributed by atoms with E-state index >= 15 is 0 Å². The number of hydrogen-bond acceptors (Lipinski definition) is 5. The Labute approximate surface area is 191 Å². The zero-order valence-corrected chi connectivity index (χ0v) is 19.2. The molecule has 3 rings (SSSR count). The van der Waals surface area contributed by atoms with Crippen LogP contribution >= 0.6 is 0 Å². The maximum Gasteiger partial charge on any atom is 0.401 e. The van der Waals surface area contributed by atoms with Gasteiger partial charge in [0.1, 0.15) is 10.6 Å². The highest BCUT2D eigenvalue weighted by atomic mass is 32.2. The number of benzene rings is 2. The second-order valence-corrected chi connectivity index (χ2v) is 9.53. The van der Waals surface area contributed by atoms with E-state index in [0.717, 1.165) is 5.56 Å². The van der Waals surface area contributed by atoms with Gasteiger partial charge in [0.25, 0.3) is 15.9 Å². The van der Waals surface area contributed by atoms with Crippen LogP contribution in [0.25, 0.3) is 0 Å². The van der Waals surface area contributed by atoms with Gasteiger partial charge in [0.05, 0.1) is 13.7 Å². The summed E-state index contributed by atoms with van der Waals surface area (Å²) < 4.78 is 71.8. The summed E-state index contributed by atoms with van der Waals surface area (Å²) in [5, 5.41) is 0. The number of hydrogen-bond donors (Lipinski definition) is 1. The number of sulfonamides is 1. The van der Waals surface area contributed by atoms with Crippen molar-refractivity contribution in [1.82, 2.24) is 9.80 Å². The molecule has 0 aliphatic carbocycles. The maximum absolute atomic E-state index is 13.0. The van der Waals surface area contributed by atoms with Crippen LogP contribution in [0.2, 0.25) is 0 Å². The summed E-state index contributed by atoms with van der Waals surface area (Å²) in [5.41, 5.74) is 1.44. The Morgan fingerprint density at radius 1 is 1.06 bits per heavy atom. The number of nitrogens with zero attached hydrogens (tertiary/aromatic N) is 2. The van der Waals surface area contributed by atoms with E-state index in [2.05, 4.69) is 4.72 Å². The molecular formula is C22H26F3N3O4S. The van der Waals surface area contributed by atoms with Crippen LogP contribution in [0.3, 0.4) is 0 Å². The van der Waals surface area contributed by atoms with Crippen molar-refractivity contribution in [1.29, 1.82) is 0 Å². The standard InChI is InChI=1S/C22H26F3N3O4S/c1-16-4-7-18(8-5-16)26-33(30,31)20-14-17(6-9-19(20)32-2)21(29)28-11-3-10-27(12-13-28)15-22(23,24)25/h4-9,14,26H,3,10-13,15H2,1-2H3. The number of amides is 1. The number of carbonyl (C=O) groups excluding carboxylic acids is 1. The van der Waals surface area contributed by atoms with E-state index in [9.17, 15) is 26.4 Å². The lowest BCUT2D eigenvalue weighted by atomic mass is 10.2. The molecule has 0 unspecified atom stereocenters. The van der Waals surface area contributed by atoms with Crippen molar-refractivity contribution in [3.63, 3.8) is 0 Å². The third-order valence-corrected chi connectivity index (χ3v) is 6.68. The molecule has 1 saturated heterocycles. The first kappa shape index (κ1) is 24.8. The highest BCUT2D eigenvalue weighted by Gasteiger charge is 2.32. The first-order valence-electron chi connectivity index (χ1n) is 10.3. The summed E-state index contributed by atoms with van der Waals surface area (Å²) in [5.74, 6) is -0.378. The van der Waals surface area contributed by atoms with Gasteiger partial charge in [-0.25, -0.2) is 8.42 Å². The quantitative estimate of drug-likeness (QED) is 0.678. The molecule has 0 atom stereocenters. The first-order valence-corrected chi connectivity index (χ1v) is 11.8. The van der Waals surface area contributed by atoms with E-state index in [1.807, 2.05) is 6.92 Å². The van der Waals surface area contributed by atoms with Crippen LogP contribution in [-0.2, 0) is 10.0 Å². The summed E-state index contributed by atoms with van der Waals surface area (Å²) in [6.07, 6.45) is -3.92. The monoisotopic (exact) mass is 485 g/mol. The van der Waals surface area contributed by atoms with Crippen molar-refractivity contribution < 1.29 is 31.1 Å². The molecule has 1 N–H and O–H groups in total. The van der Waals surface area contributed by atoms with Crippen LogP contribution in [0.5, 0.6) is 5.75 Å². The molecule has 180 valence electrons. The Hall–Kier alpha value is -2.79. The maximum atomic E-state index is 13.0. The highest BCUT2D eigenvalue weighted by Crippen LogP contribution is 2.28. The van der Waals surface area contributed by atoms with Crippen LogP contribution in [0.15, 0.2) is 47.4 Å². The minimum Gasteiger partial charge on any atom is -0.495 e. The average Bonchev–Trinajstić information content (AvgIpc) is 2.98. The van der Waals surface area contributed by atoms with Crippen LogP contribution < -0.4 is 9.46 Å². The molecule has 1 aliphatic heterocycles. The van der Waals surface area contributed by atoms with Crippen LogP contribution in [0.4, 0.5) is 18.9 Å². The number of nitrogens with one attached hydrogen (secondary N) is 1. The van der Waals surface area contributed by atoms with Crippen molar-refractivity contribution in [2.75, 3.05) is 44.6 Å². The fourth-order valence-electron chi connectivity index (χ4n) is 3.62. The first-order chi connectivity index (χ1) is 15.5. The van der Waals surface area contributed by atoms with Gasteiger partial charge in [-0.05, 0) is 43.7 Å². The van der Waals surface area contributed by atoms with Gasteiger partial charge < -0.3 is 9.64 Å². The predicted molar refractivity (Wildman–Crippen MR) is 118 cm³/mol. The van der Waals surface area contributed by atoms with E-state index in [4.69, 9.17) is 4.74 Å². The molecule has 11 heteroatoms. The summed E-state index contributed by atoms with van der Waals surface area (Å²) >= 11 is 0. The SMILES string of the molecule is COc1ccc(C(=O)N2CCCN(CC(F)(F)F)CC2)cc1S(=O)(=O)Nc1ccc(C)cc1. The van der Waals surface area contributed by atoms with Crippen molar-refractivity contribution in [2.24, 2.45) is 0 Å². The molecule has 0 aromatic heterocycles. The number of carbonyl (C=O) groups is 1. The van der Waals surface area contributed by atoms with Gasteiger partial charge in [0, 0.05) is 37.4 Å². The Morgan fingerprint density at radius 2 is 1.76 bits per heavy atom. The molecule has 0 spiro atoms. The van der Waals surface area contributed by atoms with E-state index in [1.54, 1.807) is 24.3 Å². The molecule has 1 heterocycles. The zero-order valence-electron chi connectivity index (χ0n) is 18.4. The average molecular weight is 486 g/mol. The van der Waals surface area contributed by atoms with E-state index in [-0.39, 0.29) is 42.4 Å². The second-order valence-electron chi connectivity index (χ2n) is 7.87. The number of aryl methyl sites for hydroxylation is 1. The Balaban J connectivity index is 1.81. The number of rotatable bonds is 6. The number of methoxy groups -OCH3 is 1. The smallest absolute Gasteiger partial charge is 0.401 e. The third-order valence-electron chi connectivity index (χ3n) is 5.28. The molecule has 7 nitrogen and oxygen atoms in total. The summed E-state index contributed by atoms with van der Waals surface area (Å²) in [4.78, 5) is 15.6. The van der Waals surface area contributed by atoms with Crippen molar-refractivity contribution in [2.45, 2.75) is 24.4 Å². The lowest BCUT2D eigenvalue weighted by Gasteiger charge is -2.23. The van der Waals surface area contributed by atoms with Crippen LogP contribution in [-0.4, -0.2) is 70.1 Å². The fraction of sp³-hybridized carbons (Fsp3) is 0.409. The van der Waals surface area contributed by atoms with Crippen molar-refractivity contribution in [3.05, 3.63) is 53.6 Å². The molecular weight excluding hydrogens is 459 g/mol. The molecule has 1 aliphatic rings. The number of ether oxygens (including phenoxy) is 1. The molecule has 0 radical (unpaired) electrons. The van der Waals surface area contributed by atoms with Gasteiger partial charge in [0.15, 0.2) is 0 Å². The molecule has 0 saturated carbocycles. The van der Waals surface area contributed by atoms with Gasteiger partial charge in [-0.2, -0.15) is 13.2 Å². The number of alkyl halides is 3. The Bertz CT molecular complexity index is 1090. The van der Waals surface area contributed by atoms with Gasteiger partial charge in [-0.1, -0.05) is 17.7 Å². The van der Waals surface area contributed by atoms with Crippen LogP contribution in [0.1, 0.15) is 22.3 Å². The molecule has 2 aromatic carbocycles. The van der Waals surface area contributed by atoms with Gasteiger partial charge in [-0.3, -0.25) is 14.4 Å². The summed E-state index contributed by atoms with van der Waals surface area (Å²) in [6, 6.07) is 10.8. The molecule has 1 amide bonds. The summed E-state index contributed by atoms with van der Waals surface area (Å²) in [7, 11) is -2.75. The molecule has 2 aromatic rings. The lowest BCUT2D eigenvalue weighted by molar-refractivity contribution is -0.145. The van der Waals surface area contributed by atoms with Crippen LogP contribution in [0, 0.1) is 6.92 Å². The van der Waals surface area contributed by atoms with Crippen molar-refractivity contribution in [3.8, 4) is 5.75 Å². The normalized spacial score (nSPS) is 15.7. The Morgan fingerprint density at radius 3 is 2.39 bits per heavy atom. The fourth-order valence-corrected chi connectivity index (χ4v) is 4.87. The molecule has 33 heavy (non-hydrogen) atoms. The van der Waals surface area contributed by atoms with E-state index < -0.39 is 28.7 Å². The number of halogens is 3. The molecule has 0 bridgehead atoms. The number of anilines is 1. The van der Waals surface area contributed by atoms with E-state index in [0.29, 0.717) is 12.1 Å². The Kier molecular flexibility index (Phi) is 7.53.